The van der Waals surface area contributed by atoms with Crippen molar-refractivity contribution in [2.75, 3.05) is 0 Å². The van der Waals surface area contributed by atoms with E-state index in [1.54, 1.807) is 0 Å². The van der Waals surface area contributed by atoms with Gasteiger partial charge in [-0.25, -0.2) is 9.59 Å². The van der Waals surface area contributed by atoms with Crippen molar-refractivity contribution in [3.05, 3.63) is 12.2 Å². The molecule has 140 valence electrons. The van der Waals surface area contributed by atoms with Crippen LogP contribution in [-0.2, 0) is 19.1 Å². The molecule has 0 N–H and O–H groups in total. The first kappa shape index (κ1) is 22.7. The van der Waals surface area contributed by atoms with E-state index >= 15 is 0 Å². The molecule has 0 amide bonds. The van der Waals surface area contributed by atoms with Gasteiger partial charge in [0.2, 0.25) is 0 Å². The van der Waals surface area contributed by atoms with Crippen molar-refractivity contribution in [1.29, 1.82) is 0 Å². The van der Waals surface area contributed by atoms with Gasteiger partial charge in [0.05, 0.1) is 0 Å². The van der Waals surface area contributed by atoms with Gasteiger partial charge in [-0.3, -0.25) is 0 Å². The molecule has 0 bridgehead atoms. The van der Waals surface area contributed by atoms with E-state index in [2.05, 4.69) is 0 Å². The van der Waals surface area contributed by atoms with Crippen molar-refractivity contribution in [2.24, 2.45) is 11.8 Å². The van der Waals surface area contributed by atoms with E-state index < -0.39 is 23.1 Å². The van der Waals surface area contributed by atoms with Crippen molar-refractivity contribution in [3.63, 3.8) is 0 Å². The first-order valence-corrected chi connectivity index (χ1v) is 9.26. The van der Waals surface area contributed by atoms with Gasteiger partial charge in [0.1, 0.15) is 11.2 Å². The quantitative estimate of drug-likeness (QED) is 0.412. The van der Waals surface area contributed by atoms with Gasteiger partial charge >= 0.3 is 11.9 Å². The minimum atomic E-state index is -0.493. The van der Waals surface area contributed by atoms with Crippen LogP contribution < -0.4 is 0 Å². The summed E-state index contributed by atoms with van der Waals surface area (Å²) < 4.78 is 11.3. The molecule has 0 saturated heterocycles. The van der Waals surface area contributed by atoms with Gasteiger partial charge in [0.15, 0.2) is 0 Å². The minimum absolute atomic E-state index is 0.213. The van der Waals surface area contributed by atoms with Crippen LogP contribution in [-0.4, -0.2) is 23.1 Å². The van der Waals surface area contributed by atoms with Crippen LogP contribution in [0.4, 0.5) is 0 Å². The second-order valence-corrected chi connectivity index (χ2v) is 7.03. The molecule has 0 rings (SSSR count). The van der Waals surface area contributed by atoms with E-state index in [0.29, 0.717) is 0 Å². The summed E-state index contributed by atoms with van der Waals surface area (Å²) in [6.07, 6.45) is 5.34. The van der Waals surface area contributed by atoms with Crippen LogP contribution in [0, 0.1) is 11.8 Å². The number of rotatable bonds is 10. The molecule has 0 aliphatic heterocycles. The van der Waals surface area contributed by atoms with Crippen LogP contribution in [0.15, 0.2) is 12.2 Å². The maximum atomic E-state index is 12.1. The van der Waals surface area contributed by atoms with Gasteiger partial charge in [0.25, 0.3) is 0 Å². The van der Waals surface area contributed by atoms with Gasteiger partial charge in [-0.2, -0.15) is 0 Å². The van der Waals surface area contributed by atoms with E-state index in [9.17, 15) is 9.59 Å². The molecule has 0 spiro atoms. The summed E-state index contributed by atoms with van der Waals surface area (Å²) in [5.41, 5.74) is -0.973. The van der Waals surface area contributed by atoms with Crippen LogP contribution in [0.25, 0.3) is 0 Å². The number of hydrogen-bond donors (Lipinski definition) is 0. The first-order valence-electron chi connectivity index (χ1n) is 9.26. The summed E-state index contributed by atoms with van der Waals surface area (Å²) in [5, 5.41) is 0. The highest BCUT2D eigenvalue weighted by molar-refractivity contribution is 5.92. The van der Waals surface area contributed by atoms with Gasteiger partial charge in [-0.15, -0.1) is 0 Å². The Labute approximate surface area is 148 Å². The topological polar surface area (TPSA) is 52.6 Å². The maximum absolute atomic E-state index is 12.1. The zero-order valence-corrected chi connectivity index (χ0v) is 16.8. The highest BCUT2D eigenvalue weighted by Crippen LogP contribution is 2.31. The Hall–Kier alpha value is -1.32. The fourth-order valence-electron chi connectivity index (χ4n) is 3.26. The summed E-state index contributed by atoms with van der Waals surface area (Å²) in [6, 6.07) is 0. The number of ether oxygens (including phenoxy) is 2. The van der Waals surface area contributed by atoms with Crippen molar-refractivity contribution in [3.8, 4) is 0 Å². The largest absolute Gasteiger partial charge is 0.456 e. The molecule has 0 fully saturated rings. The van der Waals surface area contributed by atoms with Crippen LogP contribution >= 0.6 is 0 Å². The third-order valence-electron chi connectivity index (χ3n) is 5.46. The van der Waals surface area contributed by atoms with Gasteiger partial charge in [-0.05, 0) is 37.5 Å². The van der Waals surface area contributed by atoms with Crippen LogP contribution in [0.2, 0.25) is 0 Å². The predicted molar refractivity (Wildman–Crippen MR) is 97.6 cm³/mol. The smallest absolute Gasteiger partial charge is 0.331 e. The zero-order chi connectivity index (χ0) is 19.0. The lowest BCUT2D eigenvalue weighted by atomic mass is 9.85. The third kappa shape index (κ3) is 5.64. The molecule has 0 aromatic rings. The van der Waals surface area contributed by atoms with E-state index in [1.165, 1.54) is 12.2 Å². The Kier molecular flexibility index (Phi) is 9.31. The van der Waals surface area contributed by atoms with E-state index in [1.807, 2.05) is 55.4 Å². The van der Waals surface area contributed by atoms with Crippen molar-refractivity contribution in [1.82, 2.24) is 0 Å². The van der Waals surface area contributed by atoms with Crippen molar-refractivity contribution in [2.45, 2.75) is 92.3 Å². The predicted octanol–water partition coefficient (Wildman–Crippen LogP) is 5.06. The Bertz CT molecular complexity index is 387. The highest BCUT2D eigenvalue weighted by atomic mass is 16.6. The summed E-state index contributed by atoms with van der Waals surface area (Å²) in [6.45, 7) is 16.2. The number of carbonyl (C=O) groups excluding carboxylic acids is 2. The van der Waals surface area contributed by atoms with Crippen LogP contribution in [0.5, 0.6) is 0 Å². The summed E-state index contributed by atoms with van der Waals surface area (Å²) in [5.74, 6) is -0.559. The van der Waals surface area contributed by atoms with Gasteiger partial charge in [-0.1, -0.05) is 55.4 Å². The first-order chi connectivity index (χ1) is 11.1. The highest BCUT2D eigenvalue weighted by Gasteiger charge is 2.35. The second kappa shape index (κ2) is 9.85. The lowest BCUT2D eigenvalue weighted by Crippen LogP contribution is -2.39. The maximum Gasteiger partial charge on any atom is 0.331 e. The Morgan fingerprint density at radius 2 is 0.958 bits per heavy atom. The summed E-state index contributed by atoms with van der Waals surface area (Å²) >= 11 is 0. The van der Waals surface area contributed by atoms with E-state index in [4.69, 9.17) is 9.47 Å². The molecular weight excluding hydrogens is 304 g/mol. The second-order valence-electron chi connectivity index (χ2n) is 7.03. The molecule has 0 aromatic carbocycles. The van der Waals surface area contributed by atoms with Crippen LogP contribution in [0.1, 0.15) is 81.1 Å². The Morgan fingerprint density at radius 3 is 1.12 bits per heavy atom. The zero-order valence-electron chi connectivity index (χ0n) is 16.8. The summed E-state index contributed by atoms with van der Waals surface area (Å²) in [4.78, 5) is 24.2. The lowest BCUT2D eigenvalue weighted by Gasteiger charge is -2.35. The van der Waals surface area contributed by atoms with Gasteiger partial charge < -0.3 is 9.47 Å². The molecule has 4 heteroatoms. The summed E-state index contributed by atoms with van der Waals surface area (Å²) in [7, 11) is 0. The van der Waals surface area contributed by atoms with E-state index in [-0.39, 0.29) is 11.8 Å². The molecule has 0 radical (unpaired) electrons. The van der Waals surface area contributed by atoms with Gasteiger partial charge in [0, 0.05) is 12.2 Å². The number of hydrogen-bond acceptors (Lipinski definition) is 4. The molecule has 4 nitrogen and oxygen atoms in total. The Morgan fingerprint density at radius 1 is 0.708 bits per heavy atom. The van der Waals surface area contributed by atoms with Crippen LogP contribution in [0.3, 0.4) is 0 Å². The molecule has 0 heterocycles. The average Bonchev–Trinajstić information content (AvgIpc) is 2.55. The number of carbonyl (C=O) groups is 2. The Balaban J connectivity index is 4.95. The van der Waals surface area contributed by atoms with Crippen molar-refractivity contribution >= 4 is 11.9 Å². The molecule has 0 aromatic heterocycles. The molecule has 24 heavy (non-hydrogen) atoms. The van der Waals surface area contributed by atoms with Crippen molar-refractivity contribution < 1.29 is 19.1 Å². The minimum Gasteiger partial charge on any atom is -0.456 e. The normalized spacial score (nSPS) is 12.9. The molecule has 0 atom stereocenters. The standard InChI is InChI=1S/C20H36O4/c1-9-19(10-2,15(5)6)23-17(21)13-14-18(22)24-20(11-3,12-4)16(7)8/h13-16H,9-12H2,1-8H3/b14-13+. The molecule has 0 unspecified atom stereocenters. The SMILES string of the molecule is CCC(CC)(OC(=O)/C=C/C(=O)OC(CC)(CC)C(C)C)C(C)C. The fourth-order valence-corrected chi connectivity index (χ4v) is 3.26. The molecule has 0 aliphatic rings. The monoisotopic (exact) mass is 340 g/mol. The molecule has 0 aliphatic carbocycles. The molecular formula is C20H36O4. The van der Waals surface area contributed by atoms with E-state index in [0.717, 1.165) is 25.7 Å². The molecule has 0 saturated carbocycles. The number of esters is 2. The average molecular weight is 341 g/mol. The fraction of sp³-hybridized carbons (Fsp3) is 0.800. The lowest BCUT2D eigenvalue weighted by molar-refractivity contribution is -0.162. The third-order valence-corrected chi connectivity index (χ3v) is 5.46.